The van der Waals surface area contributed by atoms with Gasteiger partial charge in [-0.1, -0.05) is 6.92 Å². The van der Waals surface area contributed by atoms with Gasteiger partial charge in [0, 0.05) is 17.8 Å². The summed E-state index contributed by atoms with van der Waals surface area (Å²) < 4.78 is 0. The molecule has 2 rings (SSSR count). The molecule has 0 saturated heterocycles. The smallest absolute Gasteiger partial charge is 0.127 e. The van der Waals surface area contributed by atoms with Crippen LogP contribution in [-0.4, -0.2) is 11.0 Å². The third-order valence-electron chi connectivity index (χ3n) is 3.73. The van der Waals surface area contributed by atoms with Crippen molar-refractivity contribution in [2.24, 2.45) is 11.7 Å². The standard InChI is InChI=1S/C12H19N3/c1-7-5-6-15-12(14)11(7)9-3-4-10(13)8(9)2/h5-6,8-10H,3-4,13H2,1-2H3,(H2,14,15). The Labute approximate surface area is 90.9 Å². The Kier molecular flexibility index (Phi) is 2.65. The summed E-state index contributed by atoms with van der Waals surface area (Å²) in [6, 6.07) is 2.34. The van der Waals surface area contributed by atoms with Crippen LogP contribution in [0.5, 0.6) is 0 Å². The van der Waals surface area contributed by atoms with Gasteiger partial charge in [-0.3, -0.25) is 0 Å². The molecule has 0 amide bonds. The molecule has 1 aliphatic rings. The molecule has 3 heteroatoms. The zero-order valence-corrected chi connectivity index (χ0v) is 9.40. The number of hydrogen-bond donors (Lipinski definition) is 2. The average Bonchev–Trinajstić information content (AvgIpc) is 2.49. The second-order valence-electron chi connectivity index (χ2n) is 4.63. The van der Waals surface area contributed by atoms with Gasteiger partial charge in [0.2, 0.25) is 0 Å². The van der Waals surface area contributed by atoms with Crippen molar-refractivity contribution in [2.45, 2.75) is 38.6 Å². The molecule has 1 saturated carbocycles. The van der Waals surface area contributed by atoms with Crippen molar-refractivity contribution in [1.29, 1.82) is 0 Å². The molecule has 0 spiro atoms. The number of nitrogen functional groups attached to an aromatic ring is 1. The number of hydrogen-bond acceptors (Lipinski definition) is 3. The highest BCUT2D eigenvalue weighted by Crippen LogP contribution is 2.41. The summed E-state index contributed by atoms with van der Waals surface area (Å²) in [5.74, 6) is 1.69. The molecule has 0 radical (unpaired) electrons. The van der Waals surface area contributed by atoms with Gasteiger partial charge in [0.25, 0.3) is 0 Å². The van der Waals surface area contributed by atoms with Gasteiger partial charge in [0.1, 0.15) is 5.82 Å². The summed E-state index contributed by atoms with van der Waals surface area (Å²) in [7, 11) is 0. The number of aryl methyl sites for hydroxylation is 1. The molecule has 0 aromatic carbocycles. The van der Waals surface area contributed by atoms with Gasteiger partial charge in [-0.25, -0.2) is 4.98 Å². The quantitative estimate of drug-likeness (QED) is 0.735. The Morgan fingerprint density at radius 1 is 1.40 bits per heavy atom. The molecule has 4 N–H and O–H groups in total. The van der Waals surface area contributed by atoms with E-state index >= 15 is 0 Å². The van der Waals surface area contributed by atoms with E-state index < -0.39 is 0 Å². The maximum Gasteiger partial charge on any atom is 0.127 e. The first-order valence-corrected chi connectivity index (χ1v) is 5.58. The number of nitrogens with zero attached hydrogens (tertiary/aromatic N) is 1. The monoisotopic (exact) mass is 205 g/mol. The van der Waals surface area contributed by atoms with Gasteiger partial charge in [-0.15, -0.1) is 0 Å². The largest absolute Gasteiger partial charge is 0.383 e. The first-order valence-electron chi connectivity index (χ1n) is 5.58. The molecule has 1 aromatic rings. The lowest BCUT2D eigenvalue weighted by molar-refractivity contribution is 0.478. The lowest BCUT2D eigenvalue weighted by atomic mass is 9.87. The lowest BCUT2D eigenvalue weighted by Gasteiger charge is -2.21. The van der Waals surface area contributed by atoms with E-state index in [1.807, 2.05) is 6.07 Å². The zero-order valence-electron chi connectivity index (χ0n) is 9.40. The fourth-order valence-corrected chi connectivity index (χ4v) is 2.68. The van der Waals surface area contributed by atoms with Gasteiger partial charge in [0.15, 0.2) is 0 Å². The zero-order chi connectivity index (χ0) is 11.0. The molecule has 3 nitrogen and oxygen atoms in total. The maximum absolute atomic E-state index is 6.04. The number of rotatable bonds is 1. The Hall–Kier alpha value is -1.09. The number of anilines is 1. The van der Waals surface area contributed by atoms with Crippen molar-refractivity contribution >= 4 is 5.82 Å². The summed E-state index contributed by atoms with van der Waals surface area (Å²) in [4.78, 5) is 4.18. The van der Waals surface area contributed by atoms with Crippen LogP contribution in [0.2, 0.25) is 0 Å². The van der Waals surface area contributed by atoms with Crippen LogP contribution in [0.1, 0.15) is 36.8 Å². The Morgan fingerprint density at radius 3 is 2.67 bits per heavy atom. The SMILES string of the molecule is Cc1ccnc(N)c1C1CCC(N)C1C. The lowest BCUT2D eigenvalue weighted by Crippen LogP contribution is -2.25. The van der Waals surface area contributed by atoms with Crippen molar-refractivity contribution in [3.8, 4) is 0 Å². The minimum absolute atomic E-state index is 0.314. The molecule has 3 atom stereocenters. The second-order valence-corrected chi connectivity index (χ2v) is 4.63. The van der Waals surface area contributed by atoms with Crippen LogP contribution in [0.15, 0.2) is 12.3 Å². The molecular formula is C12H19N3. The molecule has 0 bridgehead atoms. The summed E-state index contributed by atoms with van der Waals surface area (Å²) in [5.41, 5.74) is 14.5. The molecule has 3 unspecified atom stereocenters. The minimum atomic E-state index is 0.314. The summed E-state index contributed by atoms with van der Waals surface area (Å²) in [5, 5.41) is 0. The van der Waals surface area contributed by atoms with Crippen LogP contribution in [0.25, 0.3) is 0 Å². The summed E-state index contributed by atoms with van der Waals surface area (Å²) in [6.45, 7) is 4.32. The highest BCUT2D eigenvalue weighted by molar-refractivity contribution is 5.47. The van der Waals surface area contributed by atoms with E-state index in [1.54, 1.807) is 6.20 Å². The molecule has 1 heterocycles. The normalized spacial score (nSPS) is 30.7. The third kappa shape index (κ3) is 1.72. The van der Waals surface area contributed by atoms with Crippen molar-refractivity contribution < 1.29 is 0 Å². The highest BCUT2D eigenvalue weighted by atomic mass is 14.8. The summed E-state index contributed by atoms with van der Waals surface area (Å²) in [6.07, 6.45) is 4.01. The van der Waals surface area contributed by atoms with Crippen LogP contribution in [0.3, 0.4) is 0 Å². The minimum Gasteiger partial charge on any atom is -0.383 e. The van der Waals surface area contributed by atoms with E-state index in [1.165, 1.54) is 11.1 Å². The maximum atomic E-state index is 6.04. The van der Waals surface area contributed by atoms with Gasteiger partial charge < -0.3 is 11.5 Å². The predicted molar refractivity (Wildman–Crippen MR) is 62.5 cm³/mol. The number of pyridine rings is 1. The van der Waals surface area contributed by atoms with Gasteiger partial charge >= 0.3 is 0 Å². The van der Waals surface area contributed by atoms with Crippen LogP contribution in [-0.2, 0) is 0 Å². The molecule has 1 fully saturated rings. The van der Waals surface area contributed by atoms with E-state index in [-0.39, 0.29) is 0 Å². The van der Waals surface area contributed by atoms with E-state index in [0.29, 0.717) is 23.7 Å². The van der Waals surface area contributed by atoms with Gasteiger partial charge in [-0.05, 0) is 43.2 Å². The molecule has 82 valence electrons. The van der Waals surface area contributed by atoms with Crippen LogP contribution in [0.4, 0.5) is 5.82 Å². The Morgan fingerprint density at radius 2 is 2.13 bits per heavy atom. The first-order chi connectivity index (χ1) is 7.11. The van der Waals surface area contributed by atoms with E-state index in [2.05, 4.69) is 18.8 Å². The van der Waals surface area contributed by atoms with Crippen molar-refractivity contribution in [3.05, 3.63) is 23.4 Å². The fourth-order valence-electron chi connectivity index (χ4n) is 2.68. The number of aromatic nitrogens is 1. The van der Waals surface area contributed by atoms with Crippen molar-refractivity contribution in [3.63, 3.8) is 0 Å². The van der Waals surface area contributed by atoms with Gasteiger partial charge in [0.05, 0.1) is 0 Å². The van der Waals surface area contributed by atoms with Crippen LogP contribution >= 0.6 is 0 Å². The summed E-state index contributed by atoms with van der Waals surface area (Å²) >= 11 is 0. The van der Waals surface area contributed by atoms with E-state index in [9.17, 15) is 0 Å². The molecule has 1 aromatic heterocycles. The number of nitrogens with two attached hydrogens (primary N) is 2. The molecule has 15 heavy (non-hydrogen) atoms. The van der Waals surface area contributed by atoms with Gasteiger partial charge in [-0.2, -0.15) is 0 Å². The van der Waals surface area contributed by atoms with E-state index in [0.717, 1.165) is 12.8 Å². The third-order valence-corrected chi connectivity index (χ3v) is 3.73. The Balaban J connectivity index is 2.38. The second kappa shape index (κ2) is 3.81. The van der Waals surface area contributed by atoms with E-state index in [4.69, 9.17) is 11.5 Å². The van der Waals surface area contributed by atoms with Crippen LogP contribution < -0.4 is 11.5 Å². The molecule has 1 aliphatic carbocycles. The fraction of sp³-hybridized carbons (Fsp3) is 0.583. The molecular weight excluding hydrogens is 186 g/mol. The molecule has 0 aliphatic heterocycles. The predicted octanol–water partition coefficient (Wildman–Crippen LogP) is 1.81. The Bertz CT molecular complexity index is 342. The van der Waals surface area contributed by atoms with Crippen LogP contribution in [0, 0.1) is 12.8 Å². The highest BCUT2D eigenvalue weighted by Gasteiger charge is 2.33. The average molecular weight is 205 g/mol. The first kappa shape index (κ1) is 10.4. The van der Waals surface area contributed by atoms with Crippen molar-refractivity contribution in [2.75, 3.05) is 5.73 Å². The van der Waals surface area contributed by atoms with Crippen molar-refractivity contribution in [1.82, 2.24) is 4.98 Å². The topological polar surface area (TPSA) is 64.9 Å².